The molecule has 2 heterocycles. The van der Waals surface area contributed by atoms with Gasteiger partial charge in [-0.2, -0.15) is 0 Å². The zero-order valence-electron chi connectivity index (χ0n) is 11.8. The van der Waals surface area contributed by atoms with Gasteiger partial charge in [-0.05, 0) is 43.1 Å². The van der Waals surface area contributed by atoms with Crippen LogP contribution in [-0.2, 0) is 11.3 Å². The highest BCUT2D eigenvalue weighted by Crippen LogP contribution is 2.24. The van der Waals surface area contributed by atoms with Crippen LogP contribution >= 0.6 is 0 Å². The van der Waals surface area contributed by atoms with Crippen molar-refractivity contribution in [3.8, 4) is 0 Å². The summed E-state index contributed by atoms with van der Waals surface area (Å²) < 4.78 is 13.8. The summed E-state index contributed by atoms with van der Waals surface area (Å²) in [5, 5.41) is 0.516. The summed E-state index contributed by atoms with van der Waals surface area (Å²) in [5.74, 6) is -0.555. The summed E-state index contributed by atoms with van der Waals surface area (Å²) >= 11 is 0. The summed E-state index contributed by atoms with van der Waals surface area (Å²) in [4.78, 5) is 17.9. The molecule has 21 heavy (non-hydrogen) atoms. The lowest BCUT2D eigenvalue weighted by atomic mass is 10.00. The third-order valence-electron chi connectivity index (χ3n) is 4.12. The van der Waals surface area contributed by atoms with Crippen LogP contribution < -0.4 is 5.73 Å². The molecule has 1 aromatic heterocycles. The van der Waals surface area contributed by atoms with E-state index in [9.17, 15) is 9.18 Å². The lowest BCUT2D eigenvalue weighted by Gasteiger charge is -2.33. The lowest BCUT2D eigenvalue weighted by Crippen LogP contribution is -2.47. The number of nitrogens with zero attached hydrogens (tertiary/aromatic N) is 2. The van der Waals surface area contributed by atoms with Gasteiger partial charge in [-0.1, -0.05) is 12.5 Å². The maximum atomic E-state index is 13.8. The highest BCUT2D eigenvalue weighted by Gasteiger charge is 2.27. The number of hydrogen-bond acceptors (Lipinski definition) is 3. The monoisotopic (exact) mass is 287 g/mol. The number of carbonyl (C=O) groups is 1. The van der Waals surface area contributed by atoms with Crippen molar-refractivity contribution in [3.05, 3.63) is 41.8 Å². The van der Waals surface area contributed by atoms with E-state index in [1.54, 1.807) is 24.4 Å². The molecule has 1 atom stereocenters. The van der Waals surface area contributed by atoms with E-state index in [2.05, 4.69) is 9.88 Å². The second kappa shape index (κ2) is 5.77. The van der Waals surface area contributed by atoms with Gasteiger partial charge in [-0.25, -0.2) is 4.39 Å². The maximum absolute atomic E-state index is 13.8. The van der Waals surface area contributed by atoms with E-state index in [1.807, 2.05) is 0 Å². The number of carbonyl (C=O) groups excluding carboxylic acids is 1. The standard InChI is InChI=1S/C16H18FN3O/c17-13-7-6-11(15-12(13)4-3-8-19-15)10-20-9-2-1-5-14(20)16(18)21/h3-4,6-8,14H,1-2,5,9-10H2,(H2,18,21)/t14-/m1/s1. The number of piperidine rings is 1. The summed E-state index contributed by atoms with van der Waals surface area (Å²) in [5.41, 5.74) is 7.08. The van der Waals surface area contributed by atoms with Crippen LogP contribution in [0.25, 0.3) is 10.9 Å². The lowest BCUT2D eigenvalue weighted by molar-refractivity contribution is -0.124. The minimum Gasteiger partial charge on any atom is -0.368 e. The van der Waals surface area contributed by atoms with Crippen molar-refractivity contribution in [3.63, 3.8) is 0 Å². The predicted molar refractivity (Wildman–Crippen MR) is 78.9 cm³/mol. The van der Waals surface area contributed by atoms with Crippen LogP contribution in [0.15, 0.2) is 30.5 Å². The van der Waals surface area contributed by atoms with Gasteiger partial charge in [-0.15, -0.1) is 0 Å². The van der Waals surface area contributed by atoms with Gasteiger partial charge in [0.2, 0.25) is 5.91 Å². The number of likely N-dealkylation sites (tertiary alicyclic amines) is 1. The molecular formula is C16H18FN3O. The largest absolute Gasteiger partial charge is 0.368 e. The van der Waals surface area contributed by atoms with Crippen LogP contribution in [0.2, 0.25) is 0 Å². The van der Waals surface area contributed by atoms with Crippen molar-refractivity contribution in [2.75, 3.05) is 6.54 Å². The Bertz CT molecular complexity index is 674. The van der Waals surface area contributed by atoms with E-state index in [0.29, 0.717) is 17.4 Å². The van der Waals surface area contributed by atoms with Crippen LogP contribution in [0.4, 0.5) is 4.39 Å². The Morgan fingerprint density at radius 2 is 2.24 bits per heavy atom. The molecule has 0 radical (unpaired) electrons. The van der Waals surface area contributed by atoms with E-state index in [0.717, 1.165) is 31.4 Å². The molecule has 1 aliphatic heterocycles. The van der Waals surface area contributed by atoms with E-state index in [4.69, 9.17) is 5.73 Å². The number of pyridine rings is 1. The Hall–Kier alpha value is -2.01. The smallest absolute Gasteiger partial charge is 0.234 e. The number of primary amides is 1. The van der Waals surface area contributed by atoms with Crippen LogP contribution in [-0.4, -0.2) is 28.4 Å². The van der Waals surface area contributed by atoms with E-state index in [1.165, 1.54) is 6.07 Å². The molecular weight excluding hydrogens is 269 g/mol. The number of rotatable bonds is 3. The first-order valence-electron chi connectivity index (χ1n) is 7.22. The number of benzene rings is 1. The minimum atomic E-state index is -0.283. The molecule has 1 aromatic carbocycles. The Labute approximate surface area is 122 Å². The second-order valence-electron chi connectivity index (χ2n) is 5.49. The summed E-state index contributed by atoms with van der Waals surface area (Å²) in [6, 6.07) is 6.42. The number of aromatic nitrogens is 1. The number of fused-ring (bicyclic) bond motifs is 1. The molecule has 2 N–H and O–H groups in total. The van der Waals surface area contributed by atoms with Crippen molar-refractivity contribution >= 4 is 16.8 Å². The maximum Gasteiger partial charge on any atom is 0.234 e. The molecule has 1 aliphatic rings. The molecule has 3 rings (SSSR count). The zero-order valence-corrected chi connectivity index (χ0v) is 11.8. The Morgan fingerprint density at radius 1 is 1.38 bits per heavy atom. The predicted octanol–water partition coefficient (Wildman–Crippen LogP) is 2.21. The van der Waals surface area contributed by atoms with Crippen molar-refractivity contribution in [1.82, 2.24) is 9.88 Å². The Kier molecular flexibility index (Phi) is 3.84. The molecule has 5 heteroatoms. The average molecular weight is 287 g/mol. The van der Waals surface area contributed by atoms with Crippen molar-refractivity contribution < 1.29 is 9.18 Å². The SMILES string of the molecule is NC(=O)[C@H]1CCCCN1Cc1ccc(F)c2cccnc12. The van der Waals surface area contributed by atoms with Gasteiger partial charge in [0.25, 0.3) is 0 Å². The van der Waals surface area contributed by atoms with Crippen LogP contribution in [0.1, 0.15) is 24.8 Å². The summed E-state index contributed by atoms with van der Waals surface area (Å²) in [6.45, 7) is 1.40. The molecule has 0 saturated carbocycles. The molecule has 4 nitrogen and oxygen atoms in total. The first-order valence-corrected chi connectivity index (χ1v) is 7.22. The van der Waals surface area contributed by atoms with Crippen LogP contribution in [0.3, 0.4) is 0 Å². The number of nitrogens with two attached hydrogens (primary N) is 1. The fourth-order valence-electron chi connectivity index (χ4n) is 3.05. The molecule has 0 aliphatic carbocycles. The fraction of sp³-hybridized carbons (Fsp3) is 0.375. The van der Waals surface area contributed by atoms with Crippen molar-refractivity contribution in [2.24, 2.45) is 5.73 Å². The second-order valence-corrected chi connectivity index (χ2v) is 5.49. The normalized spacial score (nSPS) is 19.8. The summed E-state index contributed by atoms with van der Waals surface area (Å²) in [6.07, 6.45) is 4.53. The Balaban J connectivity index is 1.94. The molecule has 110 valence electrons. The first kappa shape index (κ1) is 13.9. The van der Waals surface area contributed by atoms with Gasteiger partial charge in [0, 0.05) is 18.1 Å². The van der Waals surface area contributed by atoms with E-state index >= 15 is 0 Å². The third-order valence-corrected chi connectivity index (χ3v) is 4.12. The molecule has 2 aromatic rings. The average Bonchev–Trinajstić information content (AvgIpc) is 2.51. The number of hydrogen-bond donors (Lipinski definition) is 1. The minimum absolute atomic E-state index is 0.234. The number of amides is 1. The van der Waals surface area contributed by atoms with Gasteiger partial charge in [-0.3, -0.25) is 14.7 Å². The van der Waals surface area contributed by atoms with Crippen LogP contribution in [0.5, 0.6) is 0 Å². The molecule has 0 bridgehead atoms. The molecule has 1 saturated heterocycles. The molecule has 0 spiro atoms. The van der Waals surface area contributed by atoms with Gasteiger partial charge >= 0.3 is 0 Å². The van der Waals surface area contributed by atoms with Crippen molar-refractivity contribution in [2.45, 2.75) is 31.8 Å². The third kappa shape index (κ3) is 2.74. The van der Waals surface area contributed by atoms with E-state index < -0.39 is 0 Å². The molecule has 1 amide bonds. The van der Waals surface area contributed by atoms with Crippen molar-refractivity contribution in [1.29, 1.82) is 0 Å². The number of halogens is 1. The zero-order chi connectivity index (χ0) is 14.8. The topological polar surface area (TPSA) is 59.2 Å². The van der Waals surface area contributed by atoms with Gasteiger partial charge in [0.05, 0.1) is 11.6 Å². The molecule has 1 fully saturated rings. The highest BCUT2D eigenvalue weighted by atomic mass is 19.1. The van der Waals surface area contributed by atoms with Gasteiger partial charge in [0.15, 0.2) is 0 Å². The van der Waals surface area contributed by atoms with Gasteiger partial charge in [0.1, 0.15) is 5.82 Å². The molecule has 0 unspecified atom stereocenters. The quantitative estimate of drug-likeness (QED) is 0.941. The highest BCUT2D eigenvalue weighted by molar-refractivity contribution is 5.82. The summed E-state index contributed by atoms with van der Waals surface area (Å²) in [7, 11) is 0. The fourth-order valence-corrected chi connectivity index (χ4v) is 3.05. The van der Waals surface area contributed by atoms with Crippen LogP contribution in [0, 0.1) is 5.82 Å². The Morgan fingerprint density at radius 3 is 3.05 bits per heavy atom. The first-order chi connectivity index (χ1) is 10.2. The van der Waals surface area contributed by atoms with E-state index in [-0.39, 0.29) is 17.8 Å². The van der Waals surface area contributed by atoms with Gasteiger partial charge < -0.3 is 5.73 Å².